The van der Waals surface area contributed by atoms with E-state index in [0.29, 0.717) is 11.3 Å². The van der Waals surface area contributed by atoms with Crippen LogP contribution in [-0.2, 0) is 16.4 Å². The van der Waals surface area contributed by atoms with Gasteiger partial charge in [0.1, 0.15) is 0 Å². The molecular formula is C16H14N2O3S. The third-order valence-electron chi connectivity index (χ3n) is 3.04. The van der Waals surface area contributed by atoms with Crippen LogP contribution in [-0.4, -0.2) is 14.2 Å². The molecule has 0 bridgehead atoms. The minimum atomic E-state index is -3.76. The number of ketones is 1. The summed E-state index contributed by atoms with van der Waals surface area (Å²) in [5.41, 5.74) is 1.55. The zero-order chi connectivity index (χ0) is 16.2. The van der Waals surface area contributed by atoms with Crippen LogP contribution in [0.2, 0.25) is 0 Å². The Hall–Kier alpha value is -2.65. The van der Waals surface area contributed by atoms with Gasteiger partial charge in [-0.1, -0.05) is 24.3 Å². The molecule has 112 valence electrons. The average Bonchev–Trinajstić information content (AvgIpc) is 2.49. The smallest absolute Gasteiger partial charge is 0.261 e. The lowest BCUT2D eigenvalue weighted by molar-refractivity contribution is 0.101. The van der Waals surface area contributed by atoms with Crippen LogP contribution in [0.3, 0.4) is 0 Å². The van der Waals surface area contributed by atoms with Crippen molar-refractivity contribution in [3.63, 3.8) is 0 Å². The molecule has 0 aliphatic rings. The summed E-state index contributed by atoms with van der Waals surface area (Å²) in [6.45, 7) is 1.38. The lowest BCUT2D eigenvalue weighted by atomic mass is 10.1. The SMILES string of the molecule is CC(=O)c1cccc(S(=O)(=O)Nc2ccc(CC#N)cc2)c1. The molecule has 0 aromatic heterocycles. The van der Waals surface area contributed by atoms with Gasteiger partial charge in [-0.05, 0) is 36.8 Å². The second-order valence-electron chi connectivity index (χ2n) is 4.72. The third kappa shape index (κ3) is 3.71. The van der Waals surface area contributed by atoms with Crippen LogP contribution >= 0.6 is 0 Å². The molecule has 0 aliphatic heterocycles. The summed E-state index contributed by atoms with van der Waals surface area (Å²) in [7, 11) is -3.76. The van der Waals surface area contributed by atoms with Gasteiger partial charge in [0.25, 0.3) is 10.0 Å². The van der Waals surface area contributed by atoms with Crippen molar-refractivity contribution in [2.45, 2.75) is 18.2 Å². The van der Waals surface area contributed by atoms with Gasteiger partial charge in [0.2, 0.25) is 0 Å². The van der Waals surface area contributed by atoms with Crippen molar-refractivity contribution in [3.05, 3.63) is 59.7 Å². The second kappa shape index (κ2) is 6.41. The molecular weight excluding hydrogens is 300 g/mol. The molecule has 0 saturated carbocycles. The summed E-state index contributed by atoms with van der Waals surface area (Å²) >= 11 is 0. The largest absolute Gasteiger partial charge is 0.295 e. The number of Topliss-reactive ketones (excluding diaryl/α,β-unsaturated/α-hetero) is 1. The van der Waals surface area contributed by atoms with Crippen molar-refractivity contribution in [1.29, 1.82) is 5.26 Å². The molecule has 22 heavy (non-hydrogen) atoms. The minimum absolute atomic E-state index is 0.0290. The maximum Gasteiger partial charge on any atom is 0.261 e. The van der Waals surface area contributed by atoms with Gasteiger partial charge >= 0.3 is 0 Å². The van der Waals surface area contributed by atoms with Gasteiger partial charge in [0.05, 0.1) is 17.4 Å². The number of benzene rings is 2. The quantitative estimate of drug-likeness (QED) is 0.860. The van der Waals surface area contributed by atoms with E-state index in [1.165, 1.54) is 25.1 Å². The van der Waals surface area contributed by atoms with Gasteiger partial charge in [-0.25, -0.2) is 8.42 Å². The number of carbonyl (C=O) groups is 1. The highest BCUT2D eigenvalue weighted by Crippen LogP contribution is 2.18. The third-order valence-corrected chi connectivity index (χ3v) is 4.42. The van der Waals surface area contributed by atoms with Crippen molar-refractivity contribution in [3.8, 4) is 6.07 Å². The lowest BCUT2D eigenvalue weighted by Gasteiger charge is -2.09. The van der Waals surface area contributed by atoms with Crippen molar-refractivity contribution in [2.75, 3.05) is 4.72 Å². The van der Waals surface area contributed by atoms with Crippen LogP contribution in [0, 0.1) is 11.3 Å². The zero-order valence-corrected chi connectivity index (χ0v) is 12.7. The molecule has 1 N–H and O–H groups in total. The van der Waals surface area contributed by atoms with Crippen LogP contribution in [0.25, 0.3) is 0 Å². The maximum absolute atomic E-state index is 12.3. The number of sulfonamides is 1. The van der Waals surface area contributed by atoms with E-state index in [9.17, 15) is 13.2 Å². The summed E-state index contributed by atoms with van der Waals surface area (Å²) in [5, 5.41) is 8.61. The van der Waals surface area contributed by atoms with Gasteiger partial charge in [0, 0.05) is 11.3 Å². The molecule has 0 atom stereocenters. The average molecular weight is 314 g/mol. The minimum Gasteiger partial charge on any atom is -0.295 e. The summed E-state index contributed by atoms with van der Waals surface area (Å²) in [6.07, 6.45) is 0.272. The standard InChI is InChI=1S/C16H14N2O3S/c1-12(19)14-3-2-4-16(11-14)22(20,21)18-15-7-5-13(6-8-15)9-10-17/h2-8,11,18H,9H2,1H3. The molecule has 0 radical (unpaired) electrons. The second-order valence-corrected chi connectivity index (χ2v) is 6.40. The molecule has 2 aromatic rings. The van der Waals surface area contributed by atoms with Crippen molar-refractivity contribution < 1.29 is 13.2 Å². The Morgan fingerprint density at radius 3 is 2.45 bits per heavy atom. The molecule has 0 unspecified atom stereocenters. The number of carbonyl (C=O) groups excluding carboxylic acids is 1. The van der Waals surface area contributed by atoms with E-state index >= 15 is 0 Å². The van der Waals surface area contributed by atoms with E-state index in [1.807, 2.05) is 6.07 Å². The van der Waals surface area contributed by atoms with E-state index < -0.39 is 10.0 Å². The van der Waals surface area contributed by atoms with E-state index in [-0.39, 0.29) is 17.1 Å². The van der Waals surface area contributed by atoms with E-state index in [0.717, 1.165) is 5.56 Å². The Bertz CT molecular complexity index is 834. The fourth-order valence-electron chi connectivity index (χ4n) is 1.88. The summed E-state index contributed by atoms with van der Waals surface area (Å²) < 4.78 is 27.1. The van der Waals surface area contributed by atoms with Crippen molar-refractivity contribution in [1.82, 2.24) is 0 Å². The van der Waals surface area contributed by atoms with Crippen LogP contribution < -0.4 is 4.72 Å². The number of nitrogens with one attached hydrogen (secondary N) is 1. The monoisotopic (exact) mass is 314 g/mol. The molecule has 2 rings (SSSR count). The van der Waals surface area contributed by atoms with E-state index in [4.69, 9.17) is 5.26 Å². The van der Waals surface area contributed by atoms with Crippen LogP contribution in [0.5, 0.6) is 0 Å². The Morgan fingerprint density at radius 1 is 1.18 bits per heavy atom. The Morgan fingerprint density at radius 2 is 1.86 bits per heavy atom. The Balaban J connectivity index is 2.26. The summed E-state index contributed by atoms with van der Waals surface area (Å²) in [5.74, 6) is -0.196. The van der Waals surface area contributed by atoms with Gasteiger partial charge in [-0.3, -0.25) is 9.52 Å². The highest BCUT2D eigenvalue weighted by Gasteiger charge is 2.15. The Labute approximate surface area is 129 Å². The maximum atomic E-state index is 12.3. The number of nitriles is 1. The highest BCUT2D eigenvalue weighted by atomic mass is 32.2. The number of nitrogens with zero attached hydrogens (tertiary/aromatic N) is 1. The van der Waals surface area contributed by atoms with Crippen LogP contribution in [0.15, 0.2) is 53.4 Å². The van der Waals surface area contributed by atoms with Gasteiger partial charge < -0.3 is 0 Å². The number of rotatable bonds is 5. The molecule has 0 spiro atoms. The van der Waals surface area contributed by atoms with Crippen LogP contribution in [0.4, 0.5) is 5.69 Å². The number of anilines is 1. The first kappa shape index (κ1) is 15.7. The predicted octanol–water partition coefficient (Wildman–Crippen LogP) is 2.76. The molecule has 2 aromatic carbocycles. The molecule has 0 amide bonds. The van der Waals surface area contributed by atoms with E-state index in [1.54, 1.807) is 30.3 Å². The summed E-state index contributed by atoms with van der Waals surface area (Å²) in [6, 6.07) is 14.5. The number of hydrogen-bond acceptors (Lipinski definition) is 4. The fraction of sp³-hybridized carbons (Fsp3) is 0.125. The zero-order valence-electron chi connectivity index (χ0n) is 11.9. The van der Waals surface area contributed by atoms with Gasteiger partial charge in [-0.2, -0.15) is 5.26 Å². The van der Waals surface area contributed by atoms with Crippen LogP contribution in [0.1, 0.15) is 22.8 Å². The normalized spacial score (nSPS) is 10.7. The Kier molecular flexibility index (Phi) is 4.59. The van der Waals surface area contributed by atoms with E-state index in [2.05, 4.69) is 4.72 Å². The first-order valence-electron chi connectivity index (χ1n) is 6.52. The fourth-order valence-corrected chi connectivity index (χ4v) is 2.98. The highest BCUT2D eigenvalue weighted by molar-refractivity contribution is 7.92. The first-order valence-corrected chi connectivity index (χ1v) is 8.00. The molecule has 0 heterocycles. The molecule has 0 fully saturated rings. The first-order chi connectivity index (χ1) is 10.4. The predicted molar refractivity (Wildman–Crippen MR) is 83.0 cm³/mol. The molecule has 0 aliphatic carbocycles. The molecule has 5 nitrogen and oxygen atoms in total. The topological polar surface area (TPSA) is 87.0 Å². The number of hydrogen-bond donors (Lipinski definition) is 1. The van der Waals surface area contributed by atoms with Crippen molar-refractivity contribution in [2.24, 2.45) is 0 Å². The lowest BCUT2D eigenvalue weighted by Crippen LogP contribution is -2.13. The molecule has 0 saturated heterocycles. The molecule has 6 heteroatoms. The van der Waals surface area contributed by atoms with Crippen molar-refractivity contribution >= 4 is 21.5 Å². The van der Waals surface area contributed by atoms with Gasteiger partial charge in [0.15, 0.2) is 5.78 Å². The summed E-state index contributed by atoms with van der Waals surface area (Å²) in [4.78, 5) is 11.4. The van der Waals surface area contributed by atoms with Gasteiger partial charge in [-0.15, -0.1) is 0 Å².